The van der Waals surface area contributed by atoms with Gasteiger partial charge < -0.3 is 10.2 Å². The minimum Gasteiger partial charge on any atom is -0.354 e. The highest BCUT2D eigenvalue weighted by Crippen LogP contribution is 2.28. The number of amides is 1. The summed E-state index contributed by atoms with van der Waals surface area (Å²) in [6.45, 7) is 2.61. The van der Waals surface area contributed by atoms with Crippen LogP contribution >= 0.6 is 0 Å². The van der Waals surface area contributed by atoms with Crippen LogP contribution in [0.25, 0.3) is 0 Å². The second-order valence-electron chi connectivity index (χ2n) is 4.83. The fraction of sp³-hybridized carbons (Fsp3) is 0.667. The van der Waals surface area contributed by atoms with Crippen molar-refractivity contribution in [2.75, 3.05) is 27.2 Å². The van der Waals surface area contributed by atoms with E-state index in [2.05, 4.69) is 10.4 Å². The number of carbonyl (C=O) groups is 1. The van der Waals surface area contributed by atoms with E-state index in [1.54, 1.807) is 0 Å². The fourth-order valence-corrected chi connectivity index (χ4v) is 1.62. The van der Waals surface area contributed by atoms with E-state index in [9.17, 15) is 18.0 Å². The Morgan fingerprint density at radius 1 is 1.45 bits per heavy atom. The molecule has 0 aliphatic heterocycles. The molecule has 0 aromatic carbocycles. The summed E-state index contributed by atoms with van der Waals surface area (Å²) in [5.74, 6) is -0.344. The molecule has 8 heteroatoms. The van der Waals surface area contributed by atoms with Gasteiger partial charge in [0.05, 0.1) is 0 Å². The molecule has 0 fully saturated rings. The number of hydrogen-bond donors (Lipinski definition) is 1. The first kappa shape index (κ1) is 16.5. The predicted octanol–water partition coefficient (Wildman–Crippen LogP) is 1.28. The third-order valence-electron chi connectivity index (χ3n) is 2.67. The number of nitrogens with one attached hydrogen (secondary N) is 1. The number of carbonyl (C=O) groups excluding carboxylic acids is 1. The summed E-state index contributed by atoms with van der Waals surface area (Å²) in [5.41, 5.74) is -0.670. The molecule has 0 saturated carbocycles. The second kappa shape index (κ2) is 6.74. The molecule has 0 aliphatic rings. The van der Waals surface area contributed by atoms with Crippen molar-refractivity contribution in [3.05, 3.63) is 17.5 Å². The van der Waals surface area contributed by atoms with Gasteiger partial charge in [0, 0.05) is 12.2 Å². The summed E-state index contributed by atoms with van der Waals surface area (Å²) in [5, 5.41) is 6.05. The minimum atomic E-state index is -4.49. The predicted molar refractivity (Wildman–Crippen MR) is 68.1 cm³/mol. The summed E-state index contributed by atoms with van der Waals surface area (Å²) < 4.78 is 38.4. The van der Waals surface area contributed by atoms with E-state index in [0.29, 0.717) is 12.2 Å². The average molecular weight is 292 g/mol. The Kier molecular flexibility index (Phi) is 5.55. The number of halogens is 3. The van der Waals surface area contributed by atoms with Crippen molar-refractivity contribution < 1.29 is 18.0 Å². The van der Waals surface area contributed by atoms with Gasteiger partial charge in [-0.3, -0.25) is 9.48 Å². The minimum absolute atomic E-state index is 0.204. The zero-order chi connectivity index (χ0) is 15.3. The monoisotopic (exact) mass is 292 g/mol. The quantitative estimate of drug-likeness (QED) is 0.804. The zero-order valence-corrected chi connectivity index (χ0v) is 11.8. The van der Waals surface area contributed by atoms with Gasteiger partial charge in [0.2, 0.25) is 5.91 Å². The van der Waals surface area contributed by atoms with Gasteiger partial charge >= 0.3 is 6.18 Å². The van der Waals surface area contributed by atoms with E-state index in [1.165, 1.54) is 6.92 Å². The van der Waals surface area contributed by atoms with Crippen molar-refractivity contribution in [1.82, 2.24) is 20.0 Å². The third kappa shape index (κ3) is 5.20. The van der Waals surface area contributed by atoms with Crippen molar-refractivity contribution in [3.8, 4) is 0 Å². The van der Waals surface area contributed by atoms with Gasteiger partial charge in [-0.05, 0) is 40.1 Å². The molecule has 0 spiro atoms. The molecule has 5 nitrogen and oxygen atoms in total. The Hall–Kier alpha value is -1.57. The molecule has 0 aliphatic carbocycles. The van der Waals surface area contributed by atoms with Gasteiger partial charge in [-0.1, -0.05) is 0 Å². The van der Waals surface area contributed by atoms with E-state index < -0.39 is 11.9 Å². The lowest BCUT2D eigenvalue weighted by Gasteiger charge is -2.10. The molecule has 1 aromatic heterocycles. The van der Waals surface area contributed by atoms with Crippen LogP contribution in [0.2, 0.25) is 0 Å². The molecule has 0 radical (unpaired) electrons. The number of aromatic nitrogens is 2. The van der Waals surface area contributed by atoms with Crippen LogP contribution in [0.15, 0.2) is 6.07 Å². The van der Waals surface area contributed by atoms with Gasteiger partial charge in [0.1, 0.15) is 6.54 Å². The zero-order valence-electron chi connectivity index (χ0n) is 11.8. The Balaban J connectivity index is 2.48. The molecule has 20 heavy (non-hydrogen) atoms. The van der Waals surface area contributed by atoms with E-state index >= 15 is 0 Å². The first-order valence-corrected chi connectivity index (χ1v) is 6.23. The third-order valence-corrected chi connectivity index (χ3v) is 2.67. The van der Waals surface area contributed by atoms with Crippen LogP contribution in [-0.4, -0.2) is 47.8 Å². The van der Waals surface area contributed by atoms with E-state index in [1.807, 2.05) is 19.0 Å². The van der Waals surface area contributed by atoms with Crippen molar-refractivity contribution in [2.24, 2.45) is 0 Å². The molecule has 1 rings (SSSR count). The first-order chi connectivity index (χ1) is 9.20. The van der Waals surface area contributed by atoms with E-state index in [0.717, 1.165) is 23.7 Å². The smallest absolute Gasteiger partial charge is 0.354 e. The van der Waals surface area contributed by atoms with Gasteiger partial charge in [-0.2, -0.15) is 18.3 Å². The highest BCUT2D eigenvalue weighted by Gasteiger charge is 2.34. The lowest BCUT2D eigenvalue weighted by molar-refractivity contribution is -0.141. The van der Waals surface area contributed by atoms with Crippen molar-refractivity contribution in [3.63, 3.8) is 0 Å². The Morgan fingerprint density at radius 3 is 2.60 bits per heavy atom. The summed E-state index contributed by atoms with van der Waals surface area (Å²) in [7, 11) is 3.85. The molecule has 1 heterocycles. The topological polar surface area (TPSA) is 50.2 Å². The lowest BCUT2D eigenvalue weighted by Crippen LogP contribution is -2.30. The Labute approximate surface area is 115 Å². The van der Waals surface area contributed by atoms with Crippen LogP contribution in [0.1, 0.15) is 17.8 Å². The molecule has 1 aromatic rings. The summed E-state index contributed by atoms with van der Waals surface area (Å²) in [6.07, 6.45) is -3.71. The van der Waals surface area contributed by atoms with E-state index in [-0.39, 0.29) is 12.5 Å². The van der Waals surface area contributed by atoms with Crippen LogP contribution in [0.5, 0.6) is 0 Å². The van der Waals surface area contributed by atoms with Crippen molar-refractivity contribution in [2.45, 2.75) is 26.1 Å². The number of rotatable bonds is 6. The lowest BCUT2D eigenvalue weighted by atomic mass is 10.3. The summed E-state index contributed by atoms with van der Waals surface area (Å²) in [6, 6.07) is 0.930. The van der Waals surface area contributed by atoms with Crippen molar-refractivity contribution >= 4 is 5.91 Å². The molecular weight excluding hydrogens is 273 g/mol. The Bertz CT molecular complexity index is 454. The average Bonchev–Trinajstić information content (AvgIpc) is 2.66. The van der Waals surface area contributed by atoms with Crippen LogP contribution in [0.4, 0.5) is 13.2 Å². The van der Waals surface area contributed by atoms with Gasteiger partial charge in [-0.15, -0.1) is 0 Å². The fourth-order valence-electron chi connectivity index (χ4n) is 1.62. The Morgan fingerprint density at radius 2 is 2.10 bits per heavy atom. The summed E-state index contributed by atoms with van der Waals surface area (Å²) >= 11 is 0. The van der Waals surface area contributed by atoms with Crippen molar-refractivity contribution in [1.29, 1.82) is 0 Å². The van der Waals surface area contributed by atoms with Gasteiger partial charge in [0.25, 0.3) is 0 Å². The van der Waals surface area contributed by atoms with Gasteiger partial charge in [-0.25, -0.2) is 0 Å². The molecule has 0 unspecified atom stereocenters. The highest BCUT2D eigenvalue weighted by molar-refractivity contribution is 5.75. The maximum Gasteiger partial charge on any atom is 0.435 e. The maximum absolute atomic E-state index is 12.5. The summed E-state index contributed by atoms with van der Waals surface area (Å²) in [4.78, 5) is 13.6. The normalized spacial score (nSPS) is 11.9. The van der Waals surface area contributed by atoms with Crippen LogP contribution in [-0.2, 0) is 17.5 Å². The maximum atomic E-state index is 12.5. The number of aryl methyl sites for hydroxylation is 1. The first-order valence-electron chi connectivity index (χ1n) is 6.23. The van der Waals surface area contributed by atoms with Crippen LogP contribution < -0.4 is 5.32 Å². The number of alkyl halides is 3. The molecule has 0 bridgehead atoms. The molecule has 0 atom stereocenters. The van der Waals surface area contributed by atoms with Crippen LogP contribution in [0, 0.1) is 6.92 Å². The van der Waals surface area contributed by atoms with Crippen LogP contribution in [0.3, 0.4) is 0 Å². The standard InChI is InChI=1S/C12H19F3N4O/c1-9-7-10(12(13,14)15)17-19(9)8-11(20)16-5-4-6-18(2)3/h7H,4-6,8H2,1-3H3,(H,16,20). The number of hydrogen-bond acceptors (Lipinski definition) is 3. The molecule has 1 N–H and O–H groups in total. The van der Waals surface area contributed by atoms with Gasteiger partial charge in [0.15, 0.2) is 5.69 Å². The molecule has 0 saturated heterocycles. The molecule has 114 valence electrons. The molecule has 1 amide bonds. The van der Waals surface area contributed by atoms with E-state index in [4.69, 9.17) is 0 Å². The largest absolute Gasteiger partial charge is 0.435 e. The SMILES string of the molecule is Cc1cc(C(F)(F)F)nn1CC(=O)NCCCN(C)C. The molecular formula is C12H19F3N4O. The number of nitrogens with zero attached hydrogens (tertiary/aromatic N) is 3. The second-order valence-corrected chi connectivity index (χ2v) is 4.83. The highest BCUT2D eigenvalue weighted by atomic mass is 19.4.